The minimum atomic E-state index is -0.227. The lowest BCUT2D eigenvalue weighted by Crippen LogP contribution is -2.33. The molecule has 1 heterocycles. The quantitative estimate of drug-likeness (QED) is 0.791. The molecule has 1 amide bonds. The summed E-state index contributed by atoms with van der Waals surface area (Å²) in [5, 5.41) is 19.0. The van der Waals surface area contributed by atoms with Crippen molar-refractivity contribution in [1.82, 2.24) is 15.5 Å². The monoisotopic (exact) mass is 293 g/mol. The third kappa shape index (κ3) is 3.37. The van der Waals surface area contributed by atoms with Crippen LogP contribution in [0.1, 0.15) is 23.7 Å². The number of amides is 1. The van der Waals surface area contributed by atoms with E-state index in [1.54, 1.807) is 12.1 Å². The summed E-state index contributed by atoms with van der Waals surface area (Å²) < 4.78 is 0. The van der Waals surface area contributed by atoms with Crippen LogP contribution in [-0.2, 0) is 0 Å². The number of hydrogen-bond acceptors (Lipinski definition) is 3. The molecule has 1 atom stereocenters. The van der Waals surface area contributed by atoms with Crippen molar-refractivity contribution >= 4 is 17.5 Å². The second-order valence-corrected chi connectivity index (χ2v) is 4.99. The second-order valence-electron chi connectivity index (χ2n) is 4.56. The number of aromatic amines is 1. The molecular weight excluding hydrogens is 278 g/mol. The fourth-order valence-corrected chi connectivity index (χ4v) is 2.08. The van der Waals surface area contributed by atoms with Gasteiger partial charge in [-0.25, -0.2) is 0 Å². The van der Waals surface area contributed by atoms with E-state index in [2.05, 4.69) is 15.5 Å². The Kier molecular flexibility index (Phi) is 4.76. The molecule has 1 aromatic carbocycles. The fraction of sp³-hybridized carbons (Fsp3) is 0.286. The number of rotatable bonds is 5. The Morgan fingerprint density at radius 3 is 3.05 bits per heavy atom. The number of aromatic nitrogens is 2. The highest BCUT2D eigenvalue weighted by atomic mass is 35.5. The molecule has 0 saturated heterocycles. The number of aliphatic hydroxyl groups is 1. The maximum absolute atomic E-state index is 12.2. The van der Waals surface area contributed by atoms with Crippen LogP contribution < -0.4 is 5.32 Å². The number of nitrogens with one attached hydrogen (secondary N) is 2. The van der Waals surface area contributed by atoms with Crippen molar-refractivity contribution in [2.75, 3.05) is 6.61 Å². The lowest BCUT2D eigenvalue weighted by Gasteiger charge is -2.12. The molecule has 6 heteroatoms. The van der Waals surface area contributed by atoms with Crippen LogP contribution >= 0.6 is 11.6 Å². The van der Waals surface area contributed by atoms with Crippen molar-refractivity contribution in [2.45, 2.75) is 19.4 Å². The largest absolute Gasteiger partial charge is 0.396 e. The van der Waals surface area contributed by atoms with Gasteiger partial charge in [0, 0.05) is 23.2 Å². The summed E-state index contributed by atoms with van der Waals surface area (Å²) >= 11 is 5.96. The predicted molar refractivity (Wildman–Crippen MR) is 77.7 cm³/mol. The third-order valence-corrected chi connectivity index (χ3v) is 3.17. The predicted octanol–water partition coefficient (Wildman–Crippen LogP) is 2.23. The molecular formula is C14H16ClN3O2. The molecule has 0 unspecified atom stereocenters. The Morgan fingerprint density at radius 2 is 2.35 bits per heavy atom. The Balaban J connectivity index is 2.22. The first-order valence-electron chi connectivity index (χ1n) is 6.33. The summed E-state index contributed by atoms with van der Waals surface area (Å²) in [7, 11) is 0. The van der Waals surface area contributed by atoms with Crippen LogP contribution in [0.25, 0.3) is 11.3 Å². The molecule has 5 nitrogen and oxygen atoms in total. The molecule has 106 valence electrons. The van der Waals surface area contributed by atoms with Gasteiger partial charge in [0.05, 0.1) is 17.5 Å². The maximum atomic E-state index is 12.2. The van der Waals surface area contributed by atoms with Crippen molar-refractivity contribution in [3.05, 3.63) is 41.0 Å². The Morgan fingerprint density at radius 1 is 1.55 bits per heavy atom. The van der Waals surface area contributed by atoms with E-state index in [0.717, 1.165) is 5.56 Å². The number of halogens is 1. The van der Waals surface area contributed by atoms with Crippen LogP contribution in [-0.4, -0.2) is 33.9 Å². The lowest BCUT2D eigenvalue weighted by atomic mass is 10.1. The summed E-state index contributed by atoms with van der Waals surface area (Å²) in [6.07, 6.45) is 1.99. The van der Waals surface area contributed by atoms with Gasteiger partial charge in [-0.05, 0) is 25.5 Å². The molecule has 0 radical (unpaired) electrons. The Hall–Kier alpha value is -1.85. The van der Waals surface area contributed by atoms with Gasteiger partial charge in [-0.15, -0.1) is 0 Å². The normalized spacial score (nSPS) is 12.2. The molecule has 0 aliphatic rings. The standard InChI is InChI=1S/C14H16ClN3O2/c1-9(5-6-19)17-14(20)12-8-16-18-13(12)10-3-2-4-11(15)7-10/h2-4,7-9,19H,5-6H2,1H3,(H,16,18)(H,17,20)/t9-/m1/s1. The highest BCUT2D eigenvalue weighted by Gasteiger charge is 2.17. The SMILES string of the molecule is C[C@H](CCO)NC(=O)c1cn[nH]c1-c1cccc(Cl)c1. The van der Waals surface area contributed by atoms with Gasteiger partial charge in [-0.3, -0.25) is 9.89 Å². The maximum Gasteiger partial charge on any atom is 0.255 e. The van der Waals surface area contributed by atoms with Gasteiger partial charge >= 0.3 is 0 Å². The van der Waals surface area contributed by atoms with Crippen LogP contribution in [0.4, 0.5) is 0 Å². The summed E-state index contributed by atoms with van der Waals surface area (Å²) in [5.74, 6) is -0.227. The van der Waals surface area contributed by atoms with Gasteiger partial charge in [0.1, 0.15) is 0 Å². The number of H-pyrrole nitrogens is 1. The molecule has 1 aromatic heterocycles. The Labute approximate surface area is 122 Å². The third-order valence-electron chi connectivity index (χ3n) is 2.94. The fourth-order valence-electron chi connectivity index (χ4n) is 1.89. The van der Waals surface area contributed by atoms with Crippen LogP contribution in [0.2, 0.25) is 5.02 Å². The van der Waals surface area contributed by atoms with Gasteiger partial charge < -0.3 is 10.4 Å². The number of carbonyl (C=O) groups excluding carboxylic acids is 1. The zero-order chi connectivity index (χ0) is 14.5. The molecule has 0 spiro atoms. The van der Waals surface area contributed by atoms with E-state index in [1.165, 1.54) is 6.20 Å². The molecule has 0 aliphatic carbocycles. The van der Waals surface area contributed by atoms with Crippen LogP contribution in [0.15, 0.2) is 30.5 Å². The van der Waals surface area contributed by atoms with Gasteiger partial charge in [-0.1, -0.05) is 23.7 Å². The highest BCUT2D eigenvalue weighted by molar-refractivity contribution is 6.30. The van der Waals surface area contributed by atoms with Crippen molar-refractivity contribution in [2.24, 2.45) is 0 Å². The smallest absolute Gasteiger partial charge is 0.255 e. The first kappa shape index (κ1) is 14.6. The number of carbonyl (C=O) groups is 1. The summed E-state index contributed by atoms with van der Waals surface area (Å²) in [4.78, 5) is 12.2. The lowest BCUT2D eigenvalue weighted by molar-refractivity contribution is 0.0935. The van der Waals surface area contributed by atoms with Crippen molar-refractivity contribution in [1.29, 1.82) is 0 Å². The van der Waals surface area contributed by atoms with Gasteiger partial charge in [0.2, 0.25) is 0 Å². The minimum Gasteiger partial charge on any atom is -0.396 e. The molecule has 0 aliphatic heterocycles. The van der Waals surface area contributed by atoms with E-state index in [4.69, 9.17) is 16.7 Å². The zero-order valence-corrected chi connectivity index (χ0v) is 11.8. The molecule has 0 saturated carbocycles. The van der Waals surface area contributed by atoms with E-state index in [9.17, 15) is 4.79 Å². The van der Waals surface area contributed by atoms with Crippen LogP contribution in [0.3, 0.4) is 0 Å². The van der Waals surface area contributed by atoms with Crippen molar-refractivity contribution < 1.29 is 9.90 Å². The summed E-state index contributed by atoms with van der Waals surface area (Å²) in [5.41, 5.74) is 1.88. The van der Waals surface area contributed by atoms with Crippen LogP contribution in [0.5, 0.6) is 0 Å². The van der Waals surface area contributed by atoms with Gasteiger partial charge in [0.15, 0.2) is 0 Å². The highest BCUT2D eigenvalue weighted by Crippen LogP contribution is 2.24. The van der Waals surface area contributed by atoms with E-state index in [1.807, 2.05) is 19.1 Å². The molecule has 0 fully saturated rings. The van der Waals surface area contributed by atoms with Gasteiger partial charge in [0.25, 0.3) is 5.91 Å². The summed E-state index contributed by atoms with van der Waals surface area (Å²) in [6.45, 7) is 1.88. The van der Waals surface area contributed by atoms with Crippen molar-refractivity contribution in [3.8, 4) is 11.3 Å². The van der Waals surface area contributed by atoms with E-state index < -0.39 is 0 Å². The van der Waals surface area contributed by atoms with Crippen LogP contribution in [0, 0.1) is 0 Å². The Bertz CT molecular complexity index is 598. The average Bonchev–Trinajstić information content (AvgIpc) is 2.88. The topological polar surface area (TPSA) is 78.0 Å². The number of aliphatic hydroxyl groups excluding tert-OH is 1. The number of hydrogen-bond donors (Lipinski definition) is 3. The molecule has 3 N–H and O–H groups in total. The van der Waals surface area contributed by atoms with E-state index in [-0.39, 0.29) is 18.6 Å². The average molecular weight is 294 g/mol. The minimum absolute atomic E-state index is 0.0357. The van der Waals surface area contributed by atoms with E-state index >= 15 is 0 Å². The molecule has 0 bridgehead atoms. The zero-order valence-electron chi connectivity index (χ0n) is 11.1. The first-order valence-corrected chi connectivity index (χ1v) is 6.70. The molecule has 2 aromatic rings. The molecule has 2 rings (SSSR count). The summed E-state index contributed by atoms with van der Waals surface area (Å²) in [6, 6.07) is 7.10. The van der Waals surface area contributed by atoms with Crippen molar-refractivity contribution in [3.63, 3.8) is 0 Å². The first-order chi connectivity index (χ1) is 9.61. The van der Waals surface area contributed by atoms with E-state index in [0.29, 0.717) is 22.7 Å². The molecule has 20 heavy (non-hydrogen) atoms. The van der Waals surface area contributed by atoms with Gasteiger partial charge in [-0.2, -0.15) is 5.10 Å². The number of nitrogens with zero attached hydrogens (tertiary/aromatic N) is 1. The second kappa shape index (κ2) is 6.54. The number of benzene rings is 1.